The van der Waals surface area contributed by atoms with Gasteiger partial charge in [0.1, 0.15) is 17.7 Å². The molecule has 1 atom stereocenters. The van der Waals surface area contributed by atoms with E-state index in [0.717, 1.165) is 32.1 Å². The number of hydrogen-bond donors (Lipinski definition) is 1. The molecule has 1 fully saturated rings. The first-order valence-corrected chi connectivity index (χ1v) is 11.2. The molecule has 3 aromatic rings. The van der Waals surface area contributed by atoms with Gasteiger partial charge in [-0.25, -0.2) is 8.78 Å². The second-order valence-electron chi connectivity index (χ2n) is 8.33. The van der Waals surface area contributed by atoms with E-state index in [1.54, 1.807) is 18.2 Å². The van der Waals surface area contributed by atoms with Crippen molar-refractivity contribution >= 4 is 11.8 Å². The maximum absolute atomic E-state index is 13.7. The van der Waals surface area contributed by atoms with Crippen LogP contribution in [0, 0.1) is 11.6 Å². The molecule has 0 aliphatic heterocycles. The number of carbonyl (C=O) groups excluding carboxylic acids is 2. The quantitative estimate of drug-likeness (QED) is 0.523. The molecule has 5 nitrogen and oxygen atoms in total. The second kappa shape index (κ2) is 10.4. The van der Waals surface area contributed by atoms with Gasteiger partial charge in [-0.2, -0.15) is 0 Å². The van der Waals surface area contributed by atoms with Crippen LogP contribution in [-0.4, -0.2) is 22.8 Å². The molecule has 0 bridgehead atoms. The van der Waals surface area contributed by atoms with E-state index in [1.165, 1.54) is 53.6 Å². The molecule has 0 radical (unpaired) electrons. The predicted molar refractivity (Wildman–Crippen MR) is 119 cm³/mol. The van der Waals surface area contributed by atoms with Crippen LogP contribution >= 0.6 is 0 Å². The lowest BCUT2D eigenvalue weighted by atomic mass is 9.94. The van der Waals surface area contributed by atoms with E-state index in [4.69, 9.17) is 4.42 Å². The number of nitrogens with zero attached hydrogens (tertiary/aromatic N) is 1. The first-order valence-electron chi connectivity index (χ1n) is 11.2. The van der Waals surface area contributed by atoms with Crippen molar-refractivity contribution in [2.75, 3.05) is 0 Å². The Hall–Kier alpha value is -3.48. The van der Waals surface area contributed by atoms with Crippen LogP contribution in [0.15, 0.2) is 71.3 Å². The maximum Gasteiger partial charge on any atom is 0.290 e. The fourth-order valence-electron chi connectivity index (χ4n) is 4.25. The van der Waals surface area contributed by atoms with Gasteiger partial charge >= 0.3 is 0 Å². The Morgan fingerprint density at radius 2 is 1.58 bits per heavy atom. The molecule has 0 unspecified atom stereocenters. The van der Waals surface area contributed by atoms with E-state index < -0.39 is 23.6 Å². The maximum atomic E-state index is 13.7. The number of furan rings is 1. The highest BCUT2D eigenvalue weighted by molar-refractivity contribution is 5.96. The third kappa shape index (κ3) is 5.66. The number of rotatable bonds is 7. The van der Waals surface area contributed by atoms with Crippen molar-refractivity contribution in [1.82, 2.24) is 10.2 Å². The van der Waals surface area contributed by atoms with Crippen LogP contribution in [0.4, 0.5) is 8.78 Å². The van der Waals surface area contributed by atoms with E-state index in [9.17, 15) is 18.4 Å². The van der Waals surface area contributed by atoms with Crippen molar-refractivity contribution in [3.63, 3.8) is 0 Å². The normalized spacial score (nSPS) is 15.1. The molecular weight excluding hydrogens is 426 g/mol. The molecule has 33 heavy (non-hydrogen) atoms. The number of halogens is 2. The van der Waals surface area contributed by atoms with Crippen LogP contribution in [0.3, 0.4) is 0 Å². The Morgan fingerprint density at radius 1 is 0.939 bits per heavy atom. The fourth-order valence-corrected chi connectivity index (χ4v) is 4.25. The van der Waals surface area contributed by atoms with Crippen LogP contribution in [0.5, 0.6) is 0 Å². The molecular formula is C26H26F2N2O3. The summed E-state index contributed by atoms with van der Waals surface area (Å²) in [4.78, 5) is 28.4. The van der Waals surface area contributed by atoms with E-state index >= 15 is 0 Å². The number of hydrogen-bond acceptors (Lipinski definition) is 3. The molecule has 172 valence electrons. The first-order chi connectivity index (χ1) is 16.0. The smallest absolute Gasteiger partial charge is 0.290 e. The Morgan fingerprint density at radius 3 is 2.18 bits per heavy atom. The summed E-state index contributed by atoms with van der Waals surface area (Å²) in [7, 11) is 0. The minimum Gasteiger partial charge on any atom is -0.459 e. The number of amides is 2. The number of benzene rings is 2. The van der Waals surface area contributed by atoms with Crippen molar-refractivity contribution < 1.29 is 22.8 Å². The van der Waals surface area contributed by atoms with E-state index in [1.807, 2.05) is 0 Å². The van der Waals surface area contributed by atoms with Crippen LogP contribution in [-0.2, 0) is 11.3 Å². The van der Waals surface area contributed by atoms with Gasteiger partial charge in [-0.3, -0.25) is 9.59 Å². The Bertz CT molecular complexity index is 1060. The number of nitrogens with one attached hydrogen (secondary N) is 1. The molecule has 1 aliphatic rings. The first kappa shape index (κ1) is 22.7. The lowest BCUT2D eigenvalue weighted by Crippen LogP contribution is -2.46. The molecule has 1 aliphatic carbocycles. The highest BCUT2D eigenvalue weighted by atomic mass is 19.1. The Balaban J connectivity index is 1.71. The summed E-state index contributed by atoms with van der Waals surface area (Å²) in [5, 5.41) is 3.09. The van der Waals surface area contributed by atoms with Crippen LogP contribution in [0.1, 0.15) is 59.8 Å². The van der Waals surface area contributed by atoms with Gasteiger partial charge < -0.3 is 14.6 Å². The zero-order valence-electron chi connectivity index (χ0n) is 18.2. The van der Waals surface area contributed by atoms with Gasteiger partial charge in [0, 0.05) is 12.6 Å². The van der Waals surface area contributed by atoms with Gasteiger partial charge in [0.05, 0.1) is 6.26 Å². The van der Waals surface area contributed by atoms with Gasteiger partial charge in [-0.05, 0) is 60.4 Å². The molecule has 0 spiro atoms. The largest absolute Gasteiger partial charge is 0.459 e. The van der Waals surface area contributed by atoms with Gasteiger partial charge in [0.15, 0.2) is 5.76 Å². The lowest BCUT2D eigenvalue weighted by Gasteiger charge is -2.33. The summed E-state index contributed by atoms with van der Waals surface area (Å²) in [5.74, 6) is -1.58. The molecule has 1 saturated carbocycles. The topological polar surface area (TPSA) is 62.6 Å². The van der Waals surface area contributed by atoms with Gasteiger partial charge in [0.2, 0.25) is 5.91 Å². The van der Waals surface area contributed by atoms with Crippen molar-refractivity contribution in [3.05, 3.63) is 95.4 Å². The highest BCUT2D eigenvalue weighted by Crippen LogP contribution is 2.28. The zero-order valence-corrected chi connectivity index (χ0v) is 18.2. The molecule has 4 rings (SSSR count). The minimum absolute atomic E-state index is 0.0283. The summed E-state index contributed by atoms with van der Waals surface area (Å²) in [6, 6.07) is 13.4. The molecule has 0 saturated heterocycles. The molecule has 2 aromatic carbocycles. The van der Waals surface area contributed by atoms with Crippen molar-refractivity contribution in [2.24, 2.45) is 0 Å². The second-order valence-corrected chi connectivity index (χ2v) is 8.33. The molecule has 1 heterocycles. The predicted octanol–water partition coefficient (Wildman–Crippen LogP) is 5.39. The SMILES string of the molecule is O=C(NC1CCCCC1)[C@@H](c1ccc(F)cc1)N(Cc1ccc(F)cc1)C(=O)c1ccco1. The minimum atomic E-state index is -1.02. The molecule has 1 aromatic heterocycles. The van der Waals surface area contributed by atoms with Crippen LogP contribution in [0.2, 0.25) is 0 Å². The van der Waals surface area contributed by atoms with Crippen molar-refractivity contribution in [2.45, 2.75) is 50.7 Å². The highest BCUT2D eigenvalue weighted by Gasteiger charge is 2.34. The number of carbonyl (C=O) groups is 2. The molecule has 7 heteroatoms. The monoisotopic (exact) mass is 452 g/mol. The zero-order chi connectivity index (χ0) is 23.2. The van der Waals surface area contributed by atoms with Crippen LogP contribution < -0.4 is 5.32 Å². The standard InChI is InChI=1S/C26H26F2N2O3/c27-20-12-8-18(9-13-20)17-30(26(32)23-7-4-16-33-23)24(19-10-14-21(28)15-11-19)25(31)29-22-5-2-1-3-6-22/h4,7-16,22,24H,1-3,5-6,17H2,(H,29,31)/t24-/m1/s1. The summed E-state index contributed by atoms with van der Waals surface area (Å²) >= 11 is 0. The Labute approximate surface area is 191 Å². The summed E-state index contributed by atoms with van der Waals surface area (Å²) in [6.07, 6.45) is 6.37. The summed E-state index contributed by atoms with van der Waals surface area (Å²) in [6.45, 7) is 0.0416. The van der Waals surface area contributed by atoms with Crippen molar-refractivity contribution in [1.29, 1.82) is 0 Å². The van der Waals surface area contributed by atoms with E-state index in [0.29, 0.717) is 11.1 Å². The van der Waals surface area contributed by atoms with Crippen molar-refractivity contribution in [3.8, 4) is 0 Å². The molecule has 2 amide bonds. The van der Waals surface area contributed by atoms with Gasteiger partial charge in [-0.1, -0.05) is 43.5 Å². The fraction of sp³-hybridized carbons (Fsp3) is 0.308. The van der Waals surface area contributed by atoms with Gasteiger partial charge in [-0.15, -0.1) is 0 Å². The average molecular weight is 453 g/mol. The summed E-state index contributed by atoms with van der Waals surface area (Å²) < 4.78 is 32.4. The van der Waals surface area contributed by atoms with Gasteiger partial charge in [0.25, 0.3) is 5.91 Å². The van der Waals surface area contributed by atoms with E-state index in [-0.39, 0.29) is 24.3 Å². The third-order valence-electron chi connectivity index (χ3n) is 5.96. The van der Waals surface area contributed by atoms with Crippen LogP contribution in [0.25, 0.3) is 0 Å². The lowest BCUT2D eigenvalue weighted by molar-refractivity contribution is -0.127. The third-order valence-corrected chi connectivity index (χ3v) is 5.96. The molecule has 1 N–H and O–H groups in total. The summed E-state index contributed by atoms with van der Waals surface area (Å²) in [5.41, 5.74) is 1.13. The van der Waals surface area contributed by atoms with E-state index in [2.05, 4.69) is 5.32 Å². The average Bonchev–Trinajstić information content (AvgIpc) is 3.36. The Kier molecular flexibility index (Phi) is 7.17.